The van der Waals surface area contributed by atoms with Crippen LogP contribution in [-0.4, -0.2) is 77.6 Å². The van der Waals surface area contributed by atoms with Crippen molar-refractivity contribution >= 4 is 32.0 Å². The first-order chi connectivity index (χ1) is 18.9. The third-order valence-electron chi connectivity index (χ3n) is 6.39. The van der Waals surface area contributed by atoms with Crippen molar-refractivity contribution in [2.24, 2.45) is 0 Å². The molecular weight excluding hydrogens is 589 g/mol. The van der Waals surface area contributed by atoms with E-state index in [1.165, 1.54) is 26.0 Å². The number of aliphatic hydroxyl groups excluding tert-OH is 1. The van der Waals surface area contributed by atoms with Gasteiger partial charge in [0.05, 0.1) is 48.1 Å². The molecule has 0 radical (unpaired) electrons. The van der Waals surface area contributed by atoms with Crippen LogP contribution in [0.1, 0.15) is 57.5 Å². The molecule has 0 amide bonds. The van der Waals surface area contributed by atoms with E-state index in [1.54, 1.807) is 0 Å². The number of hydrogen-bond acceptors (Lipinski definition) is 10. The van der Waals surface area contributed by atoms with Gasteiger partial charge < -0.3 is 28.6 Å². The van der Waals surface area contributed by atoms with Crippen molar-refractivity contribution < 1.29 is 80.4 Å². The minimum atomic E-state index is -4.83. The molecule has 0 saturated heterocycles. The molecule has 15 heteroatoms. The fourth-order valence-electron chi connectivity index (χ4n) is 4.46. The SMILES string of the molecule is Cc1ccc(C(=O)OCCOC2CCC(OCCO)CC2)c(C)c1S(=O)(=O)[N-]S(=O)(=O)c1cccc(C(=O)O)c1.[Na+]. The molecule has 0 aromatic heterocycles. The number of carboxylic acid groups (broad SMARTS) is 1. The van der Waals surface area contributed by atoms with Crippen LogP contribution in [0, 0.1) is 13.8 Å². The van der Waals surface area contributed by atoms with Crippen molar-refractivity contribution in [3.8, 4) is 0 Å². The summed E-state index contributed by atoms with van der Waals surface area (Å²) in [6.45, 7) is 3.12. The maximum Gasteiger partial charge on any atom is 1.00 e. The Morgan fingerprint density at radius 2 is 1.51 bits per heavy atom. The Labute approximate surface area is 261 Å². The number of carboxylic acids is 1. The van der Waals surface area contributed by atoms with Crippen molar-refractivity contribution in [2.75, 3.05) is 26.4 Å². The molecule has 0 unspecified atom stereocenters. The minimum absolute atomic E-state index is 0. The average molecular weight is 622 g/mol. The summed E-state index contributed by atoms with van der Waals surface area (Å²) in [6, 6.07) is 6.89. The summed E-state index contributed by atoms with van der Waals surface area (Å²) < 4.78 is 71.4. The number of hydrogen-bond donors (Lipinski definition) is 2. The van der Waals surface area contributed by atoms with Crippen molar-refractivity contribution in [3.05, 3.63) is 62.8 Å². The fourth-order valence-corrected chi connectivity index (χ4v) is 7.63. The Morgan fingerprint density at radius 1 is 0.902 bits per heavy atom. The van der Waals surface area contributed by atoms with Gasteiger partial charge in [0.1, 0.15) is 26.7 Å². The van der Waals surface area contributed by atoms with E-state index < -0.39 is 41.8 Å². The molecule has 220 valence electrons. The molecule has 0 atom stereocenters. The molecular formula is C26H32NNaO11S2. The van der Waals surface area contributed by atoms with E-state index in [-0.39, 0.29) is 83.8 Å². The number of esters is 1. The van der Waals surface area contributed by atoms with E-state index in [0.29, 0.717) is 6.61 Å². The third-order valence-corrected chi connectivity index (χ3v) is 9.96. The number of nitrogens with zero attached hydrogens (tertiary/aromatic N) is 1. The van der Waals surface area contributed by atoms with Crippen LogP contribution in [0.5, 0.6) is 0 Å². The largest absolute Gasteiger partial charge is 1.00 e. The average Bonchev–Trinajstić information content (AvgIpc) is 2.90. The van der Waals surface area contributed by atoms with Gasteiger partial charge in [-0.2, -0.15) is 0 Å². The van der Waals surface area contributed by atoms with Gasteiger partial charge in [0.2, 0.25) is 0 Å². The van der Waals surface area contributed by atoms with Crippen molar-refractivity contribution in [1.82, 2.24) is 0 Å². The van der Waals surface area contributed by atoms with Gasteiger partial charge in [0.15, 0.2) is 0 Å². The van der Waals surface area contributed by atoms with Gasteiger partial charge in [-0.1, -0.05) is 12.1 Å². The van der Waals surface area contributed by atoms with Gasteiger partial charge in [0.25, 0.3) is 0 Å². The van der Waals surface area contributed by atoms with Gasteiger partial charge in [0, 0.05) is 4.90 Å². The van der Waals surface area contributed by atoms with Crippen LogP contribution in [0.15, 0.2) is 46.2 Å². The van der Waals surface area contributed by atoms with Gasteiger partial charge in [-0.05, 0) is 74.9 Å². The summed E-state index contributed by atoms with van der Waals surface area (Å²) in [5.74, 6) is -2.20. The van der Waals surface area contributed by atoms with Gasteiger partial charge in [-0.15, -0.1) is 0 Å². The van der Waals surface area contributed by atoms with Crippen LogP contribution in [0.3, 0.4) is 0 Å². The Hall–Kier alpha value is -1.88. The topological polar surface area (TPSA) is 185 Å². The molecule has 0 heterocycles. The number of aromatic carboxylic acids is 1. The summed E-state index contributed by atoms with van der Waals surface area (Å²) in [4.78, 5) is 22.9. The maximum absolute atomic E-state index is 13.1. The maximum atomic E-state index is 13.1. The summed E-state index contributed by atoms with van der Waals surface area (Å²) in [5, 5.41) is 18.0. The second-order valence-corrected chi connectivity index (χ2v) is 12.6. The molecule has 1 aliphatic rings. The number of benzene rings is 2. The first-order valence-corrected chi connectivity index (χ1v) is 15.4. The molecule has 12 nitrogen and oxygen atoms in total. The molecule has 2 aromatic carbocycles. The van der Waals surface area contributed by atoms with E-state index >= 15 is 0 Å². The van der Waals surface area contributed by atoms with Crippen molar-refractivity contribution in [2.45, 2.75) is 61.5 Å². The smallest absolute Gasteiger partial charge is 0.478 e. The number of rotatable bonds is 13. The van der Waals surface area contributed by atoms with Gasteiger partial charge in [-0.3, -0.25) is 0 Å². The van der Waals surface area contributed by atoms with Crippen LogP contribution >= 0.6 is 0 Å². The number of aliphatic hydroxyl groups is 1. The molecule has 1 saturated carbocycles. The number of sulfonamides is 2. The standard InChI is InChI=1S/C26H32NO11S2.Na/c1-17-6-11-23(26(31)38-15-14-37-21-9-7-20(8-10-21)36-13-12-28)18(2)24(17)40(34,35)27-39(32,33)22-5-3-4-19(16-22)25(29)30;/h3-6,11,16,20-21,28H,7-10,12-15H2,1-2H3,(H,29,30);/q-1;+1. The molecule has 3 rings (SSSR count). The molecule has 2 aromatic rings. The monoisotopic (exact) mass is 621 g/mol. The van der Waals surface area contributed by atoms with Crippen LogP contribution in [0.2, 0.25) is 0 Å². The number of carbonyl (C=O) groups excluding carboxylic acids is 1. The summed E-state index contributed by atoms with van der Waals surface area (Å²) in [5.41, 5.74) is -0.305. The molecule has 1 fully saturated rings. The Morgan fingerprint density at radius 3 is 2.10 bits per heavy atom. The zero-order valence-electron chi connectivity index (χ0n) is 23.1. The first-order valence-electron chi connectivity index (χ1n) is 12.5. The number of ether oxygens (including phenoxy) is 3. The van der Waals surface area contributed by atoms with E-state index in [1.807, 2.05) is 0 Å². The predicted octanol–water partition coefficient (Wildman–Crippen LogP) is -0.0496. The van der Waals surface area contributed by atoms with Crippen LogP contribution in [0.4, 0.5) is 0 Å². The Balaban J connectivity index is 0.00000588. The van der Waals surface area contributed by atoms with Gasteiger partial charge >= 0.3 is 41.5 Å². The van der Waals surface area contributed by atoms with Crippen LogP contribution in [0.25, 0.3) is 4.13 Å². The normalized spacial score (nSPS) is 17.4. The van der Waals surface area contributed by atoms with Crippen molar-refractivity contribution in [3.63, 3.8) is 0 Å². The fraction of sp³-hybridized carbons (Fsp3) is 0.462. The van der Waals surface area contributed by atoms with E-state index in [4.69, 9.17) is 24.4 Å². The molecule has 0 bridgehead atoms. The Kier molecular flexibility index (Phi) is 13.4. The summed E-state index contributed by atoms with van der Waals surface area (Å²) in [6.07, 6.45) is 3.23. The summed E-state index contributed by atoms with van der Waals surface area (Å²) in [7, 11) is -9.64. The zero-order chi connectivity index (χ0) is 29.5. The molecule has 1 aliphatic carbocycles. The van der Waals surface area contributed by atoms with E-state index in [9.17, 15) is 26.4 Å². The minimum Gasteiger partial charge on any atom is -0.478 e. The molecule has 41 heavy (non-hydrogen) atoms. The zero-order valence-corrected chi connectivity index (χ0v) is 26.7. The molecule has 0 spiro atoms. The second kappa shape index (κ2) is 15.5. The van der Waals surface area contributed by atoms with Crippen LogP contribution < -0.4 is 29.6 Å². The van der Waals surface area contributed by atoms with Crippen LogP contribution in [-0.2, 0) is 34.3 Å². The van der Waals surface area contributed by atoms with E-state index in [0.717, 1.165) is 49.9 Å². The van der Waals surface area contributed by atoms with Gasteiger partial charge in [-0.25, -0.2) is 26.4 Å². The predicted molar refractivity (Wildman–Crippen MR) is 142 cm³/mol. The quantitative estimate of drug-likeness (QED) is 0.174. The molecule has 2 N–H and O–H groups in total. The number of aryl methyl sites for hydroxylation is 1. The first kappa shape index (κ1) is 35.3. The van der Waals surface area contributed by atoms with Crippen molar-refractivity contribution in [1.29, 1.82) is 0 Å². The summed E-state index contributed by atoms with van der Waals surface area (Å²) >= 11 is 0. The number of carbonyl (C=O) groups is 2. The second-order valence-electron chi connectivity index (χ2n) is 9.24. The Bertz CT molecular complexity index is 1440. The van der Waals surface area contributed by atoms with E-state index in [2.05, 4.69) is 4.13 Å². The molecule has 0 aliphatic heterocycles. The third kappa shape index (κ3) is 9.56.